The number of sulfonamides is 1. The van der Waals surface area contributed by atoms with Crippen LogP contribution in [0.2, 0.25) is 0 Å². The fraction of sp³-hybridized carbons (Fsp3) is 0.0667. The first-order valence-corrected chi connectivity index (χ1v) is 8.72. The van der Waals surface area contributed by atoms with Crippen LogP contribution < -0.4 is 4.83 Å². The largest absolute Gasteiger partial charge is 0.276 e. The average molecular weight is 378 g/mol. The first-order valence-electron chi connectivity index (χ1n) is 6.85. The van der Waals surface area contributed by atoms with Gasteiger partial charge in [-0.05, 0) is 36.2 Å². The third-order valence-electron chi connectivity index (χ3n) is 3.11. The van der Waals surface area contributed by atoms with E-state index in [1.54, 1.807) is 24.3 Å². The van der Waals surface area contributed by atoms with Crippen LogP contribution in [0.1, 0.15) is 11.1 Å². The second-order valence-corrected chi connectivity index (χ2v) is 6.85. The molecule has 2 aromatic rings. The van der Waals surface area contributed by atoms with Crippen LogP contribution in [0, 0.1) is 6.92 Å². The molecule has 0 aliphatic rings. The predicted octanol–water partition coefficient (Wildman–Crippen LogP) is 3.38. The molecule has 0 heterocycles. The van der Waals surface area contributed by atoms with Gasteiger partial charge in [0.2, 0.25) is 0 Å². The zero-order valence-corrected chi connectivity index (χ0v) is 14.5. The summed E-state index contributed by atoms with van der Waals surface area (Å²) in [5.74, 6) is 0. The van der Waals surface area contributed by atoms with Crippen LogP contribution in [0.25, 0.3) is 10.4 Å². The molecule has 0 bridgehead atoms. The van der Waals surface area contributed by atoms with E-state index in [9.17, 15) is 13.2 Å². The molecule has 2 rings (SSSR count). The lowest BCUT2D eigenvalue weighted by molar-refractivity contribution is -0.106. The van der Waals surface area contributed by atoms with Crippen molar-refractivity contribution in [3.8, 4) is 0 Å². The van der Waals surface area contributed by atoms with Crippen LogP contribution in [-0.4, -0.2) is 19.4 Å². The normalized spacial score (nSPS) is 11.5. The Morgan fingerprint density at radius 2 is 1.80 bits per heavy atom. The highest BCUT2D eigenvalue weighted by molar-refractivity contribution is 7.89. The van der Waals surface area contributed by atoms with Crippen molar-refractivity contribution in [2.75, 3.05) is 0 Å². The molecule has 0 atom stereocenters. The van der Waals surface area contributed by atoms with E-state index in [1.165, 1.54) is 24.3 Å². The maximum absolute atomic E-state index is 12.3. The highest BCUT2D eigenvalue weighted by Crippen LogP contribution is 2.21. The Balaban J connectivity index is 2.43. The molecule has 0 radical (unpaired) electrons. The summed E-state index contributed by atoms with van der Waals surface area (Å²) in [6.07, 6.45) is 0. The molecule has 25 heavy (non-hydrogen) atoms. The van der Waals surface area contributed by atoms with Gasteiger partial charge >= 0.3 is 0 Å². The number of aryl methyl sites for hydroxylation is 1. The molecule has 0 spiro atoms. The number of nitrogens with one attached hydrogen (secondary N) is 1. The van der Waals surface area contributed by atoms with Crippen molar-refractivity contribution in [2.45, 2.75) is 11.8 Å². The van der Waals surface area contributed by atoms with E-state index in [2.05, 4.69) is 15.1 Å². The summed E-state index contributed by atoms with van der Waals surface area (Å²) in [4.78, 5) is 16.3. The Morgan fingerprint density at radius 1 is 1.16 bits per heavy atom. The quantitative estimate of drug-likeness (QED) is 0.207. The number of halogens is 1. The number of benzene rings is 2. The molecule has 128 valence electrons. The van der Waals surface area contributed by atoms with Crippen molar-refractivity contribution in [3.05, 3.63) is 70.1 Å². The molecular formula is C15H12ClN5O3S. The Labute approximate surface area is 148 Å². The van der Waals surface area contributed by atoms with Gasteiger partial charge in [0.1, 0.15) is 0 Å². The third kappa shape index (κ3) is 4.57. The van der Waals surface area contributed by atoms with Gasteiger partial charge in [-0.3, -0.25) is 4.79 Å². The topological polar surface area (TPSA) is 124 Å². The van der Waals surface area contributed by atoms with E-state index < -0.39 is 15.3 Å². The Hall–Kier alpha value is -2.87. The van der Waals surface area contributed by atoms with Gasteiger partial charge in [0, 0.05) is 16.2 Å². The molecule has 0 aromatic heterocycles. The molecule has 0 fully saturated rings. The third-order valence-corrected chi connectivity index (χ3v) is 4.51. The van der Waals surface area contributed by atoms with E-state index in [0.29, 0.717) is 0 Å². The molecule has 2 aromatic carbocycles. The van der Waals surface area contributed by atoms with Gasteiger partial charge in [-0.2, -0.15) is 18.4 Å². The van der Waals surface area contributed by atoms with Gasteiger partial charge in [0.15, 0.2) is 5.71 Å². The predicted molar refractivity (Wildman–Crippen MR) is 94.1 cm³/mol. The van der Waals surface area contributed by atoms with Crippen molar-refractivity contribution in [1.29, 1.82) is 0 Å². The summed E-state index contributed by atoms with van der Waals surface area (Å²) < 4.78 is 24.5. The first-order chi connectivity index (χ1) is 11.8. The summed E-state index contributed by atoms with van der Waals surface area (Å²) in [7, 11) is -3.99. The highest BCUT2D eigenvalue weighted by atomic mass is 35.5. The minimum absolute atomic E-state index is 0.0217. The molecule has 0 aliphatic heterocycles. The van der Waals surface area contributed by atoms with E-state index >= 15 is 0 Å². The van der Waals surface area contributed by atoms with Crippen LogP contribution in [0.3, 0.4) is 0 Å². The molecule has 0 saturated heterocycles. The Bertz CT molecular complexity index is 980. The van der Waals surface area contributed by atoms with Gasteiger partial charge in [0.05, 0.1) is 4.90 Å². The van der Waals surface area contributed by atoms with Crippen LogP contribution in [-0.2, 0) is 14.8 Å². The lowest BCUT2D eigenvalue weighted by atomic mass is 10.1. The van der Waals surface area contributed by atoms with Crippen molar-refractivity contribution in [1.82, 2.24) is 4.83 Å². The maximum atomic E-state index is 12.3. The van der Waals surface area contributed by atoms with Crippen LogP contribution >= 0.6 is 11.6 Å². The smallest absolute Gasteiger partial charge is 0.274 e. The van der Waals surface area contributed by atoms with E-state index in [4.69, 9.17) is 17.1 Å². The molecular weight excluding hydrogens is 366 g/mol. The van der Waals surface area contributed by atoms with Crippen molar-refractivity contribution in [2.24, 2.45) is 10.2 Å². The number of rotatable bonds is 6. The van der Waals surface area contributed by atoms with E-state index in [-0.39, 0.29) is 21.9 Å². The molecule has 0 aliphatic carbocycles. The average Bonchev–Trinajstić information content (AvgIpc) is 2.57. The Kier molecular flexibility index (Phi) is 5.76. The fourth-order valence-corrected chi connectivity index (χ4v) is 2.85. The number of carbonyl (C=O) groups excluding carboxylic acids is 1. The van der Waals surface area contributed by atoms with Crippen LogP contribution in [0.4, 0.5) is 5.69 Å². The molecule has 0 unspecified atom stereocenters. The molecule has 0 amide bonds. The minimum Gasteiger partial charge on any atom is -0.274 e. The van der Waals surface area contributed by atoms with Gasteiger partial charge in [-0.25, -0.2) is 0 Å². The lowest BCUT2D eigenvalue weighted by Crippen LogP contribution is -2.22. The zero-order valence-electron chi connectivity index (χ0n) is 12.9. The number of hydrogen-bond acceptors (Lipinski definition) is 5. The summed E-state index contributed by atoms with van der Waals surface area (Å²) in [5, 5.41) is 6.05. The Morgan fingerprint density at radius 3 is 2.40 bits per heavy atom. The number of carbonyl (C=O) groups is 1. The summed E-state index contributed by atoms with van der Waals surface area (Å²) >= 11 is 5.51. The van der Waals surface area contributed by atoms with Gasteiger partial charge < -0.3 is 0 Å². The fourth-order valence-electron chi connectivity index (χ4n) is 1.90. The van der Waals surface area contributed by atoms with Crippen LogP contribution in [0.5, 0.6) is 0 Å². The zero-order chi connectivity index (χ0) is 18.4. The van der Waals surface area contributed by atoms with Crippen molar-refractivity contribution in [3.63, 3.8) is 0 Å². The molecule has 8 nitrogen and oxygen atoms in total. The first kappa shape index (κ1) is 18.5. The van der Waals surface area contributed by atoms with Gasteiger partial charge in [-0.1, -0.05) is 47.1 Å². The molecule has 1 N–H and O–H groups in total. The van der Waals surface area contributed by atoms with Gasteiger partial charge in [0.25, 0.3) is 15.3 Å². The monoisotopic (exact) mass is 377 g/mol. The second-order valence-electron chi connectivity index (χ2n) is 4.85. The van der Waals surface area contributed by atoms with Crippen molar-refractivity contribution < 1.29 is 13.2 Å². The number of nitrogens with zero attached hydrogens (tertiary/aromatic N) is 4. The highest BCUT2D eigenvalue weighted by Gasteiger charge is 2.18. The van der Waals surface area contributed by atoms with E-state index in [0.717, 1.165) is 5.56 Å². The maximum Gasteiger partial charge on any atom is 0.276 e. The number of hydrogen-bond donors (Lipinski definition) is 1. The lowest BCUT2D eigenvalue weighted by Gasteiger charge is -2.07. The van der Waals surface area contributed by atoms with E-state index in [1.807, 2.05) is 11.8 Å². The standard InChI is InChI=1S/C15H12ClN5O3S/c1-10-6-8-11(9-7-10)25(23,24)21-19-14(15(16)22)12-4-2-3-5-13(12)18-20-17/h2-9,21H,1H3/b19-14-. The minimum atomic E-state index is -3.99. The number of azide groups is 1. The summed E-state index contributed by atoms with van der Waals surface area (Å²) in [5.41, 5.74) is 9.28. The summed E-state index contributed by atoms with van der Waals surface area (Å²) in [6.45, 7) is 1.82. The number of hydrazone groups is 1. The second kappa shape index (κ2) is 7.80. The van der Waals surface area contributed by atoms with Gasteiger partial charge in [-0.15, -0.1) is 0 Å². The van der Waals surface area contributed by atoms with Crippen LogP contribution in [0.15, 0.2) is 63.6 Å². The summed E-state index contributed by atoms with van der Waals surface area (Å²) in [6, 6.07) is 12.1. The molecule has 10 heteroatoms. The molecule has 0 saturated carbocycles. The van der Waals surface area contributed by atoms with Crippen molar-refractivity contribution >= 4 is 38.3 Å². The SMILES string of the molecule is Cc1ccc(S(=O)(=O)N/N=C(\C(=O)Cl)c2ccccc2N=[N+]=[N-])cc1.